The number of thiazole rings is 1. The van der Waals surface area contributed by atoms with Gasteiger partial charge in [-0.15, -0.1) is 11.3 Å². The number of halogens is 4. The van der Waals surface area contributed by atoms with Gasteiger partial charge in [0, 0.05) is 53.3 Å². The van der Waals surface area contributed by atoms with E-state index in [4.69, 9.17) is 28.3 Å². The van der Waals surface area contributed by atoms with E-state index in [1.165, 1.54) is 16.0 Å². The van der Waals surface area contributed by atoms with Crippen LogP contribution in [0.5, 0.6) is 0 Å². The Hall–Kier alpha value is -3.38. The van der Waals surface area contributed by atoms with Crippen molar-refractivity contribution in [3.05, 3.63) is 81.4 Å². The molecule has 0 aliphatic carbocycles. The van der Waals surface area contributed by atoms with Crippen LogP contribution in [0.4, 0.5) is 13.9 Å². The number of amides is 1. The Kier molecular flexibility index (Phi) is 7.90. The summed E-state index contributed by atoms with van der Waals surface area (Å²) in [5.41, 5.74) is 3.92. The van der Waals surface area contributed by atoms with Crippen LogP contribution in [0.2, 0.25) is 10.0 Å². The van der Waals surface area contributed by atoms with E-state index in [0.29, 0.717) is 49.6 Å². The van der Waals surface area contributed by atoms with Gasteiger partial charge < -0.3 is 9.47 Å². The number of piperidine rings is 1. The van der Waals surface area contributed by atoms with Crippen LogP contribution in [-0.4, -0.2) is 67.1 Å². The highest BCUT2D eigenvalue weighted by Gasteiger charge is 2.35. The molecule has 2 aliphatic heterocycles. The predicted molar refractivity (Wildman–Crippen MR) is 169 cm³/mol. The lowest BCUT2D eigenvalue weighted by atomic mass is 9.87. The summed E-state index contributed by atoms with van der Waals surface area (Å²) in [6.45, 7) is 4.42. The molecule has 0 saturated carbocycles. The largest absolute Gasteiger partial charge is 0.331 e. The summed E-state index contributed by atoms with van der Waals surface area (Å²) in [6.07, 6.45) is 3.77. The van der Waals surface area contributed by atoms with E-state index in [-0.39, 0.29) is 18.9 Å². The molecular weight excluding hydrogens is 627 g/mol. The van der Waals surface area contributed by atoms with Crippen molar-refractivity contribution in [1.82, 2.24) is 29.2 Å². The number of hydrogen-bond acceptors (Lipinski definition) is 6. The number of carbonyl (C=O) groups is 1. The number of alkyl halides is 2. The average molecular weight is 657 g/mol. The SMILES string of the molecule is CCN1CC[C@H](c2ccc(-c3cc(Cl)c4cn(C(C(=O)Nc5nccs5)c5ncn6c5CC(F)C6)nc4c3Cl)cc2)[C@@H](F)C1. The molecule has 2 aromatic carbocycles. The average Bonchev–Trinajstić information content (AvgIpc) is 3.82. The second kappa shape index (κ2) is 11.8. The number of nitrogens with zero attached hydrogens (tertiary/aromatic N) is 6. The number of anilines is 1. The molecule has 7 rings (SSSR count). The van der Waals surface area contributed by atoms with Crippen molar-refractivity contribution in [3.63, 3.8) is 0 Å². The van der Waals surface area contributed by atoms with Gasteiger partial charge in [-0.3, -0.25) is 14.8 Å². The van der Waals surface area contributed by atoms with Crippen molar-refractivity contribution in [2.24, 2.45) is 0 Å². The minimum Gasteiger partial charge on any atom is -0.331 e. The Labute approximate surface area is 266 Å². The zero-order valence-corrected chi connectivity index (χ0v) is 26.1. The summed E-state index contributed by atoms with van der Waals surface area (Å²) in [5, 5.41) is 11.1. The number of nitrogens with one attached hydrogen (secondary N) is 1. The molecular formula is C31H29Cl2F2N7OS. The first kappa shape index (κ1) is 29.3. The van der Waals surface area contributed by atoms with Gasteiger partial charge in [0.2, 0.25) is 0 Å². The lowest BCUT2D eigenvalue weighted by Gasteiger charge is -2.34. The first-order valence-electron chi connectivity index (χ1n) is 14.5. The van der Waals surface area contributed by atoms with Crippen LogP contribution in [0, 0.1) is 0 Å². The highest BCUT2D eigenvalue weighted by atomic mass is 35.5. The number of rotatable bonds is 7. The Morgan fingerprint density at radius 2 is 2.00 bits per heavy atom. The highest BCUT2D eigenvalue weighted by molar-refractivity contribution is 7.13. The summed E-state index contributed by atoms with van der Waals surface area (Å²) in [6, 6.07) is 8.53. The van der Waals surface area contributed by atoms with Crippen LogP contribution < -0.4 is 5.32 Å². The fraction of sp³-hybridized carbons (Fsp3) is 0.355. The molecule has 8 nitrogen and oxygen atoms in total. The zero-order chi connectivity index (χ0) is 30.5. The maximum Gasteiger partial charge on any atom is 0.257 e. The Balaban J connectivity index is 1.24. The van der Waals surface area contributed by atoms with Crippen molar-refractivity contribution in [3.8, 4) is 11.1 Å². The third-order valence-corrected chi connectivity index (χ3v) is 10.0. The van der Waals surface area contributed by atoms with E-state index in [9.17, 15) is 13.6 Å². The van der Waals surface area contributed by atoms with Gasteiger partial charge in [-0.1, -0.05) is 54.4 Å². The summed E-state index contributed by atoms with van der Waals surface area (Å²) in [4.78, 5) is 24.5. The maximum atomic E-state index is 15.0. The molecule has 2 unspecified atom stereocenters. The van der Waals surface area contributed by atoms with Crippen molar-refractivity contribution >= 4 is 56.5 Å². The lowest BCUT2D eigenvalue weighted by molar-refractivity contribution is -0.118. The van der Waals surface area contributed by atoms with Crippen molar-refractivity contribution in [2.75, 3.05) is 25.0 Å². The van der Waals surface area contributed by atoms with Crippen molar-refractivity contribution in [1.29, 1.82) is 0 Å². The third kappa shape index (κ3) is 5.29. The molecule has 0 radical (unpaired) electrons. The van der Waals surface area contributed by atoms with E-state index < -0.39 is 24.3 Å². The monoisotopic (exact) mass is 655 g/mol. The Morgan fingerprint density at radius 3 is 2.73 bits per heavy atom. The molecule has 1 N–H and O–H groups in total. The molecule has 1 amide bonds. The van der Waals surface area contributed by atoms with Crippen molar-refractivity contribution < 1.29 is 13.6 Å². The van der Waals surface area contributed by atoms with E-state index >= 15 is 0 Å². The van der Waals surface area contributed by atoms with Gasteiger partial charge in [0.15, 0.2) is 11.2 Å². The fourth-order valence-corrected chi connectivity index (χ4v) is 7.44. The summed E-state index contributed by atoms with van der Waals surface area (Å²) >= 11 is 15.0. The predicted octanol–water partition coefficient (Wildman–Crippen LogP) is 6.93. The molecule has 228 valence electrons. The highest BCUT2D eigenvalue weighted by Crippen LogP contribution is 2.40. The first-order chi connectivity index (χ1) is 21.3. The smallest absolute Gasteiger partial charge is 0.257 e. The molecule has 3 aromatic heterocycles. The first-order valence-corrected chi connectivity index (χ1v) is 16.2. The fourth-order valence-electron chi connectivity index (χ4n) is 6.35. The standard InChI is InChI=1S/C31H29Cl2F2N7OS/c1-2-40-9-7-20(24(35)15-40)17-3-5-18(6-4-17)21-12-23(32)22-14-42(39-27(22)26(21)33)29(30(43)38-31-36-8-10-44-31)28-25-11-19(34)13-41(25)16-37-28/h3-6,8,10,12,14,16,19-20,24,29H,2,7,9,11,13,15H2,1H3,(H,36,38,43)/t19?,20-,24+,29?/m1/s1. The van der Waals surface area contributed by atoms with Gasteiger partial charge in [0.1, 0.15) is 17.9 Å². The van der Waals surface area contributed by atoms with E-state index in [0.717, 1.165) is 30.6 Å². The second-order valence-corrected chi connectivity index (χ2v) is 13.0. The van der Waals surface area contributed by atoms with Crippen molar-refractivity contribution in [2.45, 2.75) is 50.6 Å². The molecule has 0 bridgehead atoms. The molecule has 13 heteroatoms. The van der Waals surface area contributed by atoms with Gasteiger partial charge in [0.25, 0.3) is 5.91 Å². The number of hydrogen-bond donors (Lipinski definition) is 1. The Bertz CT molecular complexity index is 1820. The third-order valence-electron chi connectivity index (χ3n) is 8.65. The molecule has 5 heterocycles. The summed E-state index contributed by atoms with van der Waals surface area (Å²) in [7, 11) is 0. The van der Waals surface area contributed by atoms with Crippen LogP contribution in [0.15, 0.2) is 54.4 Å². The topological polar surface area (TPSA) is 80.9 Å². The van der Waals surface area contributed by atoms with E-state index in [1.54, 1.807) is 34.7 Å². The molecule has 1 saturated heterocycles. The molecule has 0 spiro atoms. The zero-order valence-electron chi connectivity index (χ0n) is 23.8. The van der Waals surface area contributed by atoms with Crippen LogP contribution in [0.1, 0.15) is 42.3 Å². The van der Waals surface area contributed by atoms with Crippen LogP contribution in [0.3, 0.4) is 0 Å². The van der Waals surface area contributed by atoms with E-state index in [1.807, 2.05) is 24.3 Å². The van der Waals surface area contributed by atoms with Gasteiger partial charge in [0.05, 0.1) is 28.6 Å². The minimum absolute atomic E-state index is 0.145. The quantitative estimate of drug-likeness (QED) is 0.206. The van der Waals surface area contributed by atoms with Gasteiger partial charge >= 0.3 is 0 Å². The normalized spacial score (nSPS) is 21.1. The number of carbonyl (C=O) groups excluding carboxylic acids is 1. The Morgan fingerprint density at radius 1 is 1.18 bits per heavy atom. The molecule has 5 aromatic rings. The maximum absolute atomic E-state index is 15.0. The van der Waals surface area contributed by atoms with Gasteiger partial charge in [-0.25, -0.2) is 18.7 Å². The number of likely N-dealkylation sites (tertiary alicyclic amines) is 1. The van der Waals surface area contributed by atoms with Gasteiger partial charge in [-0.05, 0) is 36.7 Å². The molecule has 1 fully saturated rings. The lowest BCUT2D eigenvalue weighted by Crippen LogP contribution is -2.40. The minimum atomic E-state index is -1.05. The number of fused-ring (bicyclic) bond motifs is 2. The number of benzene rings is 2. The molecule has 2 aliphatic rings. The van der Waals surface area contributed by atoms with Gasteiger partial charge in [-0.2, -0.15) is 5.10 Å². The molecule has 4 atom stereocenters. The van der Waals surface area contributed by atoms with Crippen LogP contribution in [0.25, 0.3) is 22.0 Å². The van der Waals surface area contributed by atoms with E-state index in [2.05, 4.69) is 27.1 Å². The van der Waals surface area contributed by atoms with Crippen LogP contribution in [-0.2, 0) is 17.8 Å². The number of aromatic nitrogens is 5. The van der Waals surface area contributed by atoms with Crippen LogP contribution >= 0.6 is 34.5 Å². The summed E-state index contributed by atoms with van der Waals surface area (Å²) in [5.74, 6) is -0.566. The summed E-state index contributed by atoms with van der Waals surface area (Å²) < 4.78 is 32.5. The molecule has 44 heavy (non-hydrogen) atoms. The second-order valence-electron chi connectivity index (χ2n) is 11.3. The number of imidazole rings is 1.